The Bertz CT molecular complexity index is 751. The van der Waals surface area contributed by atoms with Gasteiger partial charge in [-0.3, -0.25) is 4.79 Å². The van der Waals surface area contributed by atoms with E-state index in [1.165, 1.54) is 18.2 Å². The number of benzene rings is 1. The fourth-order valence-corrected chi connectivity index (χ4v) is 3.10. The van der Waals surface area contributed by atoms with Crippen LogP contribution in [0.2, 0.25) is 10.2 Å². The van der Waals surface area contributed by atoms with E-state index in [1.807, 2.05) is 4.90 Å². The number of carbonyl (C=O) groups excluding carboxylic acids is 1. The molecule has 126 valence electrons. The molecule has 1 aromatic heterocycles. The van der Waals surface area contributed by atoms with Crippen molar-refractivity contribution in [3.63, 3.8) is 0 Å². The molecule has 5 nitrogen and oxygen atoms in total. The average Bonchev–Trinajstić information content (AvgIpc) is 2.59. The van der Waals surface area contributed by atoms with E-state index in [1.54, 1.807) is 12.4 Å². The van der Waals surface area contributed by atoms with Gasteiger partial charge in [0.2, 0.25) is 5.91 Å². The Balaban J connectivity index is 1.59. The van der Waals surface area contributed by atoms with Gasteiger partial charge in [-0.05, 0) is 31.0 Å². The largest absolute Gasteiger partial charge is 0.354 e. The molecule has 1 amide bonds. The van der Waals surface area contributed by atoms with E-state index >= 15 is 0 Å². The lowest BCUT2D eigenvalue weighted by Crippen LogP contribution is -2.38. The summed E-state index contributed by atoms with van der Waals surface area (Å²) in [5, 5.41) is 3.13. The number of rotatable bonds is 3. The van der Waals surface area contributed by atoms with Gasteiger partial charge in [-0.15, -0.1) is 0 Å². The van der Waals surface area contributed by atoms with Gasteiger partial charge in [-0.25, -0.2) is 14.4 Å². The number of nitrogens with one attached hydrogen (secondary N) is 1. The summed E-state index contributed by atoms with van der Waals surface area (Å²) in [6, 6.07) is 4.13. The van der Waals surface area contributed by atoms with Gasteiger partial charge in [-0.2, -0.15) is 0 Å². The van der Waals surface area contributed by atoms with Crippen LogP contribution in [-0.4, -0.2) is 29.0 Å². The Morgan fingerprint density at radius 2 is 1.92 bits per heavy atom. The second-order valence-corrected chi connectivity index (χ2v) is 6.32. The van der Waals surface area contributed by atoms with E-state index in [0.717, 1.165) is 0 Å². The predicted octanol–water partition coefficient (Wildman–Crippen LogP) is 3.78. The van der Waals surface area contributed by atoms with Crippen molar-refractivity contribution in [1.29, 1.82) is 0 Å². The van der Waals surface area contributed by atoms with Crippen LogP contribution >= 0.6 is 23.2 Å². The molecule has 1 aromatic carbocycles. The molecule has 1 aliphatic heterocycles. The quantitative estimate of drug-likeness (QED) is 0.895. The van der Waals surface area contributed by atoms with Crippen molar-refractivity contribution in [3.05, 3.63) is 46.6 Å². The number of aromatic nitrogens is 2. The maximum absolute atomic E-state index is 13.2. The topological polar surface area (TPSA) is 58.1 Å². The zero-order valence-electron chi connectivity index (χ0n) is 12.7. The second-order valence-electron chi connectivity index (χ2n) is 5.55. The summed E-state index contributed by atoms with van der Waals surface area (Å²) in [6.07, 6.45) is 4.49. The maximum Gasteiger partial charge on any atom is 0.227 e. The molecule has 24 heavy (non-hydrogen) atoms. The van der Waals surface area contributed by atoms with Gasteiger partial charge >= 0.3 is 0 Å². The van der Waals surface area contributed by atoms with E-state index in [0.29, 0.717) is 42.6 Å². The van der Waals surface area contributed by atoms with Crippen LogP contribution in [0, 0.1) is 11.7 Å². The number of carbonyl (C=O) groups is 1. The molecule has 1 saturated heterocycles. The zero-order valence-corrected chi connectivity index (χ0v) is 14.2. The first-order valence-electron chi connectivity index (χ1n) is 7.52. The third-order valence-corrected chi connectivity index (χ3v) is 4.54. The Labute approximate surface area is 148 Å². The highest BCUT2D eigenvalue weighted by atomic mass is 35.5. The van der Waals surface area contributed by atoms with E-state index in [9.17, 15) is 9.18 Å². The van der Waals surface area contributed by atoms with Gasteiger partial charge in [0.25, 0.3) is 0 Å². The van der Waals surface area contributed by atoms with Crippen LogP contribution in [0.25, 0.3) is 0 Å². The summed E-state index contributed by atoms with van der Waals surface area (Å²) < 4.78 is 13.2. The van der Waals surface area contributed by atoms with Crippen molar-refractivity contribution >= 4 is 40.6 Å². The van der Waals surface area contributed by atoms with Gasteiger partial charge < -0.3 is 10.2 Å². The molecule has 0 atom stereocenters. The second kappa shape index (κ2) is 7.32. The lowest BCUT2D eigenvalue weighted by atomic mass is 9.96. The number of anilines is 2. The Morgan fingerprint density at radius 1 is 1.21 bits per heavy atom. The Morgan fingerprint density at radius 3 is 2.58 bits per heavy atom. The fourth-order valence-electron chi connectivity index (χ4n) is 2.70. The van der Waals surface area contributed by atoms with Gasteiger partial charge in [0.1, 0.15) is 5.82 Å². The predicted molar refractivity (Wildman–Crippen MR) is 92.0 cm³/mol. The fraction of sp³-hybridized carbons (Fsp3) is 0.312. The minimum absolute atomic E-state index is 0.0140. The summed E-state index contributed by atoms with van der Waals surface area (Å²) in [7, 11) is 0. The summed E-state index contributed by atoms with van der Waals surface area (Å²) in [5.74, 6) is -0.0877. The normalized spacial score (nSPS) is 15.4. The number of piperidine rings is 1. The van der Waals surface area contributed by atoms with Crippen LogP contribution < -0.4 is 10.2 Å². The zero-order chi connectivity index (χ0) is 17.1. The molecule has 1 aliphatic rings. The monoisotopic (exact) mass is 368 g/mol. The number of amides is 1. The molecule has 0 saturated carbocycles. The Kier molecular flexibility index (Phi) is 5.16. The molecule has 0 aliphatic carbocycles. The van der Waals surface area contributed by atoms with Gasteiger partial charge in [-0.1, -0.05) is 23.2 Å². The van der Waals surface area contributed by atoms with Gasteiger partial charge in [0.15, 0.2) is 11.0 Å². The molecule has 1 N–H and O–H groups in total. The first-order valence-corrected chi connectivity index (χ1v) is 8.27. The van der Waals surface area contributed by atoms with E-state index in [2.05, 4.69) is 15.3 Å². The van der Waals surface area contributed by atoms with E-state index in [-0.39, 0.29) is 16.8 Å². The van der Waals surface area contributed by atoms with Crippen molar-refractivity contribution in [3.8, 4) is 0 Å². The first kappa shape index (κ1) is 16.9. The molecular formula is C16H15Cl2FN4O. The Hall–Kier alpha value is -1.92. The van der Waals surface area contributed by atoms with Crippen molar-refractivity contribution in [2.75, 3.05) is 23.3 Å². The molecule has 0 radical (unpaired) electrons. The van der Waals surface area contributed by atoms with Crippen LogP contribution in [0.3, 0.4) is 0 Å². The summed E-state index contributed by atoms with van der Waals surface area (Å²) in [5.41, 5.74) is 0.491. The molecule has 0 spiro atoms. The number of hydrogen-bond donors (Lipinski definition) is 1. The van der Waals surface area contributed by atoms with Gasteiger partial charge in [0, 0.05) is 37.1 Å². The molecule has 0 bridgehead atoms. The van der Waals surface area contributed by atoms with E-state index in [4.69, 9.17) is 23.2 Å². The first-order chi connectivity index (χ1) is 11.5. The van der Waals surface area contributed by atoms with Crippen molar-refractivity contribution in [1.82, 2.24) is 9.97 Å². The smallest absolute Gasteiger partial charge is 0.227 e. The minimum atomic E-state index is -0.510. The minimum Gasteiger partial charge on any atom is -0.354 e. The van der Waals surface area contributed by atoms with Crippen molar-refractivity contribution in [2.24, 2.45) is 5.92 Å². The molecule has 2 heterocycles. The molecule has 8 heteroatoms. The van der Waals surface area contributed by atoms with Crippen LogP contribution in [0.15, 0.2) is 30.6 Å². The lowest BCUT2D eigenvalue weighted by Gasteiger charge is -2.32. The number of hydrogen-bond acceptors (Lipinski definition) is 4. The van der Waals surface area contributed by atoms with Crippen molar-refractivity contribution < 1.29 is 9.18 Å². The molecule has 2 aromatic rings. The van der Waals surface area contributed by atoms with Crippen molar-refractivity contribution in [2.45, 2.75) is 12.8 Å². The summed E-state index contributed by atoms with van der Waals surface area (Å²) >= 11 is 11.8. The average molecular weight is 369 g/mol. The third kappa shape index (κ3) is 3.76. The highest BCUT2D eigenvalue weighted by molar-refractivity contribution is 6.31. The third-order valence-electron chi connectivity index (χ3n) is 3.99. The molecular weight excluding hydrogens is 354 g/mol. The summed E-state index contributed by atoms with van der Waals surface area (Å²) in [4.78, 5) is 22.6. The summed E-state index contributed by atoms with van der Waals surface area (Å²) in [6.45, 7) is 1.33. The van der Waals surface area contributed by atoms with E-state index < -0.39 is 5.82 Å². The lowest BCUT2D eigenvalue weighted by molar-refractivity contribution is -0.120. The van der Waals surface area contributed by atoms with Gasteiger partial charge in [0.05, 0.1) is 5.02 Å². The highest BCUT2D eigenvalue weighted by Gasteiger charge is 2.26. The number of nitrogens with zero attached hydrogens (tertiary/aromatic N) is 3. The van der Waals surface area contributed by atoms with Crippen LogP contribution in [0.4, 0.5) is 15.9 Å². The molecule has 1 fully saturated rings. The maximum atomic E-state index is 13.2. The molecule has 3 rings (SSSR count). The van der Waals surface area contributed by atoms with Crippen LogP contribution in [0.5, 0.6) is 0 Å². The number of halogens is 3. The molecule has 0 unspecified atom stereocenters. The highest BCUT2D eigenvalue weighted by Crippen LogP contribution is 2.27. The SMILES string of the molecule is O=C(Nc1ccc(F)c(Cl)c1)C1CCN(c2nccnc2Cl)CC1. The van der Waals surface area contributed by atoms with Crippen LogP contribution in [0.1, 0.15) is 12.8 Å². The standard InChI is InChI=1S/C16H15Cl2FN4O/c17-12-9-11(1-2-13(12)19)22-16(24)10-3-7-23(8-4-10)15-14(18)20-5-6-21-15/h1-2,5-6,9-10H,3-4,7-8H2,(H,22,24). The van der Waals surface area contributed by atoms with Crippen LogP contribution in [-0.2, 0) is 4.79 Å².